The van der Waals surface area contributed by atoms with Crippen molar-refractivity contribution >= 4 is 18.3 Å². The monoisotopic (exact) mass is 286 g/mol. The van der Waals surface area contributed by atoms with E-state index in [4.69, 9.17) is 4.74 Å². The van der Waals surface area contributed by atoms with E-state index in [1.165, 1.54) is 0 Å². The molecule has 0 aliphatic rings. The van der Waals surface area contributed by atoms with Crippen molar-refractivity contribution in [3.05, 3.63) is 29.8 Å². The summed E-state index contributed by atoms with van der Waals surface area (Å²) in [4.78, 5) is 11.8. The van der Waals surface area contributed by atoms with E-state index in [9.17, 15) is 4.79 Å². The number of hydrogen-bond donors (Lipinski definition) is 2. The zero-order valence-corrected chi connectivity index (χ0v) is 12.7. The lowest BCUT2D eigenvalue weighted by Gasteiger charge is -2.16. The summed E-state index contributed by atoms with van der Waals surface area (Å²) in [5.74, 6) is 0.833. The second-order valence-corrected chi connectivity index (χ2v) is 4.61. The van der Waals surface area contributed by atoms with Crippen LogP contribution in [0.3, 0.4) is 0 Å². The van der Waals surface area contributed by atoms with E-state index in [1.54, 1.807) is 7.11 Å². The summed E-state index contributed by atoms with van der Waals surface area (Å²) in [5, 5.41) is 6.06. The maximum absolute atomic E-state index is 11.8. The molecule has 0 spiro atoms. The smallest absolute Gasteiger partial charge is 0.237 e. The normalized spacial score (nSPS) is 11.6. The van der Waals surface area contributed by atoms with Gasteiger partial charge in [-0.15, -0.1) is 12.4 Å². The maximum atomic E-state index is 11.8. The molecule has 1 aromatic carbocycles. The minimum atomic E-state index is -0.178. The van der Waals surface area contributed by atoms with Gasteiger partial charge in [0.2, 0.25) is 5.91 Å². The minimum absolute atomic E-state index is 0. The molecule has 4 nitrogen and oxygen atoms in total. The number of ether oxygens (including phenoxy) is 1. The van der Waals surface area contributed by atoms with Crippen LogP contribution in [0, 0.1) is 0 Å². The summed E-state index contributed by atoms with van der Waals surface area (Å²) in [5.41, 5.74) is 1.06. The van der Waals surface area contributed by atoms with Gasteiger partial charge in [-0.1, -0.05) is 26.0 Å². The van der Waals surface area contributed by atoms with Gasteiger partial charge in [-0.3, -0.25) is 4.79 Å². The minimum Gasteiger partial charge on any atom is -0.497 e. The van der Waals surface area contributed by atoms with E-state index >= 15 is 0 Å². The molecule has 0 radical (unpaired) electrons. The first kappa shape index (κ1) is 17.7. The molecule has 19 heavy (non-hydrogen) atoms. The third kappa shape index (κ3) is 6.45. The van der Waals surface area contributed by atoms with Crippen LogP contribution in [0.5, 0.6) is 5.75 Å². The predicted octanol–water partition coefficient (Wildman–Crippen LogP) is 2.12. The van der Waals surface area contributed by atoms with Crippen LogP contribution < -0.4 is 15.4 Å². The van der Waals surface area contributed by atoms with Gasteiger partial charge >= 0.3 is 0 Å². The summed E-state index contributed by atoms with van der Waals surface area (Å²) in [6.45, 7) is 6.44. The average Bonchev–Trinajstić information content (AvgIpc) is 2.35. The van der Waals surface area contributed by atoms with Gasteiger partial charge < -0.3 is 15.4 Å². The molecule has 1 aromatic rings. The van der Waals surface area contributed by atoms with Gasteiger partial charge in [0.05, 0.1) is 13.2 Å². The van der Waals surface area contributed by atoms with Gasteiger partial charge in [-0.25, -0.2) is 0 Å². The van der Waals surface area contributed by atoms with Gasteiger partial charge in [-0.2, -0.15) is 0 Å². The molecule has 0 saturated carbocycles. The predicted molar refractivity (Wildman–Crippen MR) is 79.8 cm³/mol. The second-order valence-electron chi connectivity index (χ2n) is 4.61. The highest BCUT2D eigenvalue weighted by Gasteiger charge is 2.12. The lowest BCUT2D eigenvalue weighted by molar-refractivity contribution is -0.123. The third-order valence-electron chi connectivity index (χ3n) is 2.60. The molecule has 5 heteroatoms. The highest BCUT2D eigenvalue weighted by atomic mass is 35.5. The quantitative estimate of drug-likeness (QED) is 0.842. The molecule has 0 aromatic heterocycles. The van der Waals surface area contributed by atoms with Gasteiger partial charge in [0.1, 0.15) is 5.75 Å². The molecule has 2 N–H and O–H groups in total. The Morgan fingerprint density at radius 1 is 1.21 bits per heavy atom. The van der Waals surface area contributed by atoms with Gasteiger partial charge in [0.15, 0.2) is 0 Å². The first-order valence-corrected chi connectivity index (χ1v) is 6.19. The third-order valence-corrected chi connectivity index (χ3v) is 2.60. The molecule has 0 saturated heterocycles. The summed E-state index contributed by atoms with van der Waals surface area (Å²) in [6, 6.07) is 7.78. The molecule has 0 fully saturated rings. The molecule has 1 rings (SSSR count). The van der Waals surface area contributed by atoms with Crippen molar-refractivity contribution in [2.24, 2.45) is 0 Å². The van der Waals surface area contributed by atoms with Gasteiger partial charge in [0.25, 0.3) is 0 Å². The zero-order chi connectivity index (χ0) is 13.5. The van der Waals surface area contributed by atoms with Crippen LogP contribution in [0.2, 0.25) is 0 Å². The Morgan fingerprint density at radius 2 is 1.79 bits per heavy atom. The van der Waals surface area contributed by atoms with Crippen molar-refractivity contribution in [1.29, 1.82) is 0 Å². The van der Waals surface area contributed by atoms with Crippen LogP contribution in [-0.2, 0) is 11.3 Å². The summed E-state index contributed by atoms with van der Waals surface area (Å²) in [6.07, 6.45) is 0. The lowest BCUT2D eigenvalue weighted by Crippen LogP contribution is -2.44. The second kappa shape index (κ2) is 8.77. The number of carbonyl (C=O) groups is 1. The number of carbonyl (C=O) groups excluding carboxylic acids is 1. The van der Waals surface area contributed by atoms with Crippen LogP contribution in [-0.4, -0.2) is 25.1 Å². The topological polar surface area (TPSA) is 50.4 Å². The van der Waals surface area contributed by atoms with Gasteiger partial charge in [-0.05, 0) is 24.6 Å². The van der Waals surface area contributed by atoms with E-state index in [0.29, 0.717) is 12.6 Å². The average molecular weight is 287 g/mol. The SMILES string of the molecule is COc1ccc(CNC(=O)C(C)NC(C)C)cc1.Cl. The van der Waals surface area contributed by atoms with E-state index in [1.807, 2.05) is 45.0 Å². The molecule has 108 valence electrons. The van der Waals surface area contributed by atoms with Crippen LogP contribution in [0.4, 0.5) is 0 Å². The fourth-order valence-electron chi connectivity index (χ4n) is 1.66. The molecular formula is C14H23ClN2O2. The molecule has 1 atom stereocenters. The highest BCUT2D eigenvalue weighted by molar-refractivity contribution is 5.85. The van der Waals surface area contributed by atoms with Crippen LogP contribution in [0.1, 0.15) is 26.3 Å². The van der Waals surface area contributed by atoms with Crippen LogP contribution >= 0.6 is 12.4 Å². The molecule has 1 unspecified atom stereocenters. The fourth-order valence-corrected chi connectivity index (χ4v) is 1.66. The van der Waals surface area contributed by atoms with E-state index in [2.05, 4.69) is 10.6 Å². The van der Waals surface area contributed by atoms with E-state index < -0.39 is 0 Å². The molecule has 0 heterocycles. The van der Waals surface area contributed by atoms with Crippen LogP contribution in [0.25, 0.3) is 0 Å². The van der Waals surface area contributed by atoms with E-state index in [-0.39, 0.29) is 24.4 Å². The van der Waals surface area contributed by atoms with Crippen molar-refractivity contribution in [1.82, 2.24) is 10.6 Å². The Bertz CT molecular complexity index is 380. The Labute approximate surface area is 121 Å². The number of amides is 1. The molecule has 0 aliphatic heterocycles. The van der Waals surface area contributed by atoms with Gasteiger partial charge in [0, 0.05) is 12.6 Å². The Hall–Kier alpha value is -1.26. The Balaban J connectivity index is 0.00000324. The number of benzene rings is 1. The number of halogens is 1. The highest BCUT2D eigenvalue weighted by Crippen LogP contribution is 2.10. The van der Waals surface area contributed by atoms with E-state index in [0.717, 1.165) is 11.3 Å². The number of nitrogens with one attached hydrogen (secondary N) is 2. The van der Waals surface area contributed by atoms with Crippen molar-refractivity contribution in [3.8, 4) is 5.75 Å². The van der Waals surface area contributed by atoms with Crippen molar-refractivity contribution in [2.75, 3.05) is 7.11 Å². The Kier molecular flexibility index (Phi) is 8.19. The summed E-state index contributed by atoms with van der Waals surface area (Å²) < 4.78 is 5.08. The largest absolute Gasteiger partial charge is 0.497 e. The number of methoxy groups -OCH3 is 1. The molecule has 0 bridgehead atoms. The summed E-state index contributed by atoms with van der Waals surface area (Å²) >= 11 is 0. The van der Waals surface area contributed by atoms with Crippen LogP contribution in [0.15, 0.2) is 24.3 Å². The Morgan fingerprint density at radius 3 is 2.26 bits per heavy atom. The zero-order valence-electron chi connectivity index (χ0n) is 11.9. The lowest BCUT2D eigenvalue weighted by atomic mass is 10.2. The summed E-state index contributed by atoms with van der Waals surface area (Å²) in [7, 11) is 1.63. The standard InChI is InChI=1S/C14H22N2O2.ClH/c1-10(2)16-11(3)14(17)15-9-12-5-7-13(18-4)8-6-12;/h5-8,10-11,16H,9H2,1-4H3,(H,15,17);1H. The number of hydrogen-bond acceptors (Lipinski definition) is 3. The van der Waals surface area contributed by atoms with Crippen molar-refractivity contribution < 1.29 is 9.53 Å². The first-order valence-electron chi connectivity index (χ1n) is 6.19. The molecular weight excluding hydrogens is 264 g/mol. The molecule has 1 amide bonds. The molecule has 0 aliphatic carbocycles. The fraction of sp³-hybridized carbons (Fsp3) is 0.500. The maximum Gasteiger partial charge on any atom is 0.237 e. The van der Waals surface area contributed by atoms with Crippen molar-refractivity contribution in [3.63, 3.8) is 0 Å². The first-order chi connectivity index (χ1) is 8.52. The van der Waals surface area contributed by atoms with Crippen molar-refractivity contribution in [2.45, 2.75) is 39.4 Å². The number of rotatable bonds is 6.